The number of carbonyl (C=O) groups is 2. The summed E-state index contributed by atoms with van der Waals surface area (Å²) in [4.78, 5) is 25.4. The van der Waals surface area contributed by atoms with Crippen molar-refractivity contribution in [2.75, 3.05) is 19.8 Å². The Labute approximate surface area is 406 Å². The molecular weight excluding hydrogens is 813 g/mol. The summed E-state index contributed by atoms with van der Waals surface area (Å²) in [5.74, 6) is -0.530. The molecule has 370 valence electrons. The minimum absolute atomic E-state index is 0.0309. The first-order valence-corrected chi connectivity index (χ1v) is 26.4. The second-order valence-corrected chi connectivity index (χ2v) is 16.6. The molecule has 0 heterocycles. The summed E-state index contributed by atoms with van der Waals surface area (Å²) in [6, 6.07) is 0. The second kappa shape index (κ2) is 55.1. The Balaban J connectivity index is 4.43. The Morgan fingerprint density at radius 1 is 0.333 bits per heavy atom. The van der Waals surface area contributed by atoms with Gasteiger partial charge in [0.25, 0.3) is 0 Å². The summed E-state index contributed by atoms with van der Waals surface area (Å²) in [6.07, 6.45) is 80.2. The van der Waals surface area contributed by atoms with E-state index in [1.54, 1.807) is 0 Å². The van der Waals surface area contributed by atoms with Gasteiger partial charge in [0.1, 0.15) is 6.61 Å². The molecule has 1 unspecified atom stereocenters. The SMILES string of the molecule is CC/C=C\C/C=C\C/C=C\C/C=C\CCCCCCCCC(=O)OCC(COCCCCCCC/C=C\C/C=C\C/C=C\C/C=C\CC)OC(=O)CC/C=C\C/C=C\C/C=C\C/C=C\CC. The van der Waals surface area contributed by atoms with E-state index in [0.29, 0.717) is 19.4 Å². The topological polar surface area (TPSA) is 61.8 Å². The molecule has 66 heavy (non-hydrogen) atoms. The lowest BCUT2D eigenvalue weighted by Crippen LogP contribution is -2.30. The Hall–Kier alpha value is -4.22. The zero-order chi connectivity index (χ0) is 47.7. The van der Waals surface area contributed by atoms with Gasteiger partial charge in [0.2, 0.25) is 0 Å². The van der Waals surface area contributed by atoms with Gasteiger partial charge in [-0.05, 0) is 122 Å². The van der Waals surface area contributed by atoms with Crippen molar-refractivity contribution >= 4 is 11.9 Å². The van der Waals surface area contributed by atoms with Crippen LogP contribution in [0.2, 0.25) is 0 Å². The fraction of sp³-hybridized carbons (Fsp3) is 0.574. The predicted molar refractivity (Wildman–Crippen MR) is 288 cm³/mol. The van der Waals surface area contributed by atoms with E-state index in [4.69, 9.17) is 14.2 Å². The van der Waals surface area contributed by atoms with E-state index in [0.717, 1.165) is 122 Å². The van der Waals surface area contributed by atoms with Gasteiger partial charge in [-0.25, -0.2) is 0 Å². The molecule has 0 fully saturated rings. The Morgan fingerprint density at radius 3 is 1.08 bits per heavy atom. The average molecular weight is 909 g/mol. The average Bonchev–Trinajstić information content (AvgIpc) is 3.32. The largest absolute Gasteiger partial charge is 0.462 e. The molecule has 0 bridgehead atoms. The number of esters is 2. The lowest BCUT2D eigenvalue weighted by molar-refractivity contribution is -0.162. The van der Waals surface area contributed by atoms with Crippen molar-refractivity contribution < 1.29 is 23.8 Å². The van der Waals surface area contributed by atoms with Gasteiger partial charge in [-0.3, -0.25) is 9.59 Å². The molecule has 0 amide bonds. The lowest BCUT2D eigenvalue weighted by atomic mass is 10.1. The molecule has 0 aliphatic rings. The van der Waals surface area contributed by atoms with E-state index in [9.17, 15) is 9.59 Å². The maximum Gasteiger partial charge on any atom is 0.306 e. The van der Waals surface area contributed by atoms with Gasteiger partial charge in [-0.2, -0.15) is 0 Å². The van der Waals surface area contributed by atoms with Crippen molar-refractivity contribution in [2.24, 2.45) is 0 Å². The Morgan fingerprint density at radius 2 is 0.667 bits per heavy atom. The predicted octanol–water partition coefficient (Wildman–Crippen LogP) is 18.1. The van der Waals surface area contributed by atoms with Gasteiger partial charge in [0.05, 0.1) is 6.61 Å². The molecule has 5 heteroatoms. The van der Waals surface area contributed by atoms with E-state index in [2.05, 4.69) is 161 Å². The van der Waals surface area contributed by atoms with Crippen LogP contribution in [0.15, 0.2) is 146 Å². The number of carbonyl (C=O) groups excluding carboxylic acids is 2. The van der Waals surface area contributed by atoms with Crippen LogP contribution in [0.25, 0.3) is 0 Å². The highest BCUT2D eigenvalue weighted by atomic mass is 16.6. The van der Waals surface area contributed by atoms with E-state index in [1.165, 1.54) is 38.5 Å². The number of rotatable bonds is 46. The van der Waals surface area contributed by atoms with Gasteiger partial charge in [0, 0.05) is 19.4 Å². The third kappa shape index (κ3) is 52.4. The molecule has 0 aromatic rings. The first kappa shape index (κ1) is 61.8. The van der Waals surface area contributed by atoms with Gasteiger partial charge in [0.15, 0.2) is 6.10 Å². The molecule has 0 saturated heterocycles. The molecule has 0 N–H and O–H groups in total. The van der Waals surface area contributed by atoms with Crippen LogP contribution in [0.5, 0.6) is 0 Å². The standard InChI is InChI=1S/C61H96O5/c1-4-7-10-13-16-19-22-25-27-29-31-32-34-37-39-42-45-48-51-54-60(62)65-58-59(66-61(63)55-52-49-46-43-40-36-24-21-18-15-12-9-6-3)57-64-56-53-50-47-44-41-38-35-33-30-28-26-23-20-17-14-11-8-5-2/h7-12,16-21,25-28,31-33,35-36,40,46,49,59H,4-6,13-15,22-24,29-30,34,37-39,41-45,47-48,50-58H2,1-3H3/b10-7-,11-8-,12-9-,19-16-,20-17-,21-18-,27-25-,28-26-,32-31-,35-33-,40-36-,49-46-. The van der Waals surface area contributed by atoms with Crippen LogP contribution in [0.1, 0.15) is 201 Å². The normalized spacial score (nSPS) is 13.4. The maximum absolute atomic E-state index is 12.8. The Bertz CT molecular complexity index is 1450. The van der Waals surface area contributed by atoms with E-state index in [1.807, 2.05) is 6.08 Å². The molecule has 0 aliphatic carbocycles. The first-order valence-electron chi connectivity index (χ1n) is 26.4. The number of unbranched alkanes of at least 4 members (excludes halogenated alkanes) is 11. The van der Waals surface area contributed by atoms with Crippen LogP contribution in [-0.2, 0) is 23.8 Å². The molecule has 0 aliphatic heterocycles. The summed E-state index contributed by atoms with van der Waals surface area (Å²) in [5, 5.41) is 0. The van der Waals surface area contributed by atoms with Crippen molar-refractivity contribution in [1.82, 2.24) is 0 Å². The highest BCUT2D eigenvalue weighted by Gasteiger charge is 2.17. The van der Waals surface area contributed by atoms with Gasteiger partial charge in [-0.15, -0.1) is 0 Å². The summed E-state index contributed by atoms with van der Waals surface area (Å²) >= 11 is 0. The van der Waals surface area contributed by atoms with Crippen LogP contribution in [0.3, 0.4) is 0 Å². The van der Waals surface area contributed by atoms with E-state index < -0.39 is 6.10 Å². The molecular formula is C61H96O5. The van der Waals surface area contributed by atoms with Crippen molar-refractivity contribution in [2.45, 2.75) is 207 Å². The van der Waals surface area contributed by atoms with E-state index >= 15 is 0 Å². The molecule has 0 radical (unpaired) electrons. The van der Waals surface area contributed by atoms with Crippen LogP contribution in [0.4, 0.5) is 0 Å². The fourth-order valence-electron chi connectivity index (χ4n) is 6.56. The Kier molecular flexibility index (Phi) is 51.6. The molecule has 0 aromatic heterocycles. The number of hydrogen-bond donors (Lipinski definition) is 0. The summed E-state index contributed by atoms with van der Waals surface area (Å²) in [7, 11) is 0. The lowest BCUT2D eigenvalue weighted by Gasteiger charge is -2.18. The zero-order valence-electron chi connectivity index (χ0n) is 42.4. The van der Waals surface area contributed by atoms with Gasteiger partial charge in [-0.1, -0.05) is 212 Å². The maximum atomic E-state index is 12.8. The molecule has 0 aromatic carbocycles. The van der Waals surface area contributed by atoms with Crippen LogP contribution < -0.4 is 0 Å². The minimum atomic E-state index is -0.602. The quantitative estimate of drug-likeness (QED) is 0.0346. The monoisotopic (exact) mass is 909 g/mol. The summed E-state index contributed by atoms with van der Waals surface area (Å²) in [6.45, 7) is 7.33. The van der Waals surface area contributed by atoms with Crippen molar-refractivity contribution in [3.63, 3.8) is 0 Å². The van der Waals surface area contributed by atoms with E-state index in [-0.39, 0.29) is 31.6 Å². The zero-order valence-corrected chi connectivity index (χ0v) is 42.4. The smallest absolute Gasteiger partial charge is 0.306 e. The third-order valence-electron chi connectivity index (χ3n) is 10.4. The van der Waals surface area contributed by atoms with Crippen molar-refractivity contribution in [3.8, 4) is 0 Å². The second-order valence-electron chi connectivity index (χ2n) is 16.6. The van der Waals surface area contributed by atoms with Crippen LogP contribution in [0, 0.1) is 0 Å². The molecule has 1 atom stereocenters. The highest BCUT2D eigenvalue weighted by molar-refractivity contribution is 5.70. The molecule has 0 spiro atoms. The molecule has 5 nitrogen and oxygen atoms in total. The first-order chi connectivity index (χ1) is 32.6. The van der Waals surface area contributed by atoms with Gasteiger partial charge >= 0.3 is 11.9 Å². The van der Waals surface area contributed by atoms with Crippen LogP contribution >= 0.6 is 0 Å². The number of hydrogen-bond acceptors (Lipinski definition) is 5. The summed E-state index contributed by atoms with van der Waals surface area (Å²) < 4.78 is 17.3. The number of ether oxygens (including phenoxy) is 3. The third-order valence-corrected chi connectivity index (χ3v) is 10.4. The number of allylic oxidation sites excluding steroid dienone is 24. The highest BCUT2D eigenvalue weighted by Crippen LogP contribution is 2.12. The van der Waals surface area contributed by atoms with Crippen LogP contribution in [-0.4, -0.2) is 37.9 Å². The van der Waals surface area contributed by atoms with Crippen molar-refractivity contribution in [3.05, 3.63) is 146 Å². The molecule has 0 rings (SSSR count). The van der Waals surface area contributed by atoms with Gasteiger partial charge < -0.3 is 14.2 Å². The fourth-order valence-corrected chi connectivity index (χ4v) is 6.56. The van der Waals surface area contributed by atoms with Crippen molar-refractivity contribution in [1.29, 1.82) is 0 Å². The summed E-state index contributed by atoms with van der Waals surface area (Å²) in [5.41, 5.74) is 0. The molecule has 0 saturated carbocycles. The minimum Gasteiger partial charge on any atom is -0.462 e.